The molecule has 0 saturated carbocycles. The lowest BCUT2D eigenvalue weighted by atomic mass is 9.48. The lowest BCUT2D eigenvalue weighted by Crippen LogP contribution is -2.67. The van der Waals surface area contributed by atoms with Crippen LogP contribution in [0.1, 0.15) is 70.4 Å². The van der Waals surface area contributed by atoms with Crippen LogP contribution in [0.3, 0.4) is 0 Å². The molecule has 0 saturated heterocycles. The summed E-state index contributed by atoms with van der Waals surface area (Å²) in [5, 5.41) is 23.3. The zero-order valence-corrected chi connectivity index (χ0v) is 29.8. The van der Waals surface area contributed by atoms with E-state index in [9.17, 15) is 39.0 Å². The molecule has 4 aromatic rings. The molecule has 0 fully saturated rings. The van der Waals surface area contributed by atoms with Crippen LogP contribution in [0, 0.1) is 10.8 Å². The summed E-state index contributed by atoms with van der Waals surface area (Å²) in [4.78, 5) is 86.4. The number of carbonyl (C=O) groups is 6. The van der Waals surface area contributed by atoms with Gasteiger partial charge in [0.05, 0.1) is 13.2 Å². The van der Waals surface area contributed by atoms with E-state index in [1.54, 1.807) is 12.1 Å². The number of carboxylic acid groups (broad SMARTS) is 2. The number of ketones is 2. The van der Waals surface area contributed by atoms with E-state index in [0.717, 1.165) is 0 Å². The maximum absolute atomic E-state index is 14.9. The van der Waals surface area contributed by atoms with E-state index < -0.39 is 84.2 Å². The molecule has 0 radical (unpaired) electrons. The smallest absolute Gasteiger partial charge is 0.326 e. The number of benzene rings is 4. The van der Waals surface area contributed by atoms with E-state index in [1.807, 2.05) is 0 Å². The summed E-state index contributed by atoms with van der Waals surface area (Å²) < 4.78 is 11.0. The van der Waals surface area contributed by atoms with Crippen molar-refractivity contribution < 1.29 is 48.5 Å². The van der Waals surface area contributed by atoms with Crippen molar-refractivity contribution in [3.63, 3.8) is 0 Å². The normalized spacial score (nSPS) is 12.6. The molecule has 4 aromatic carbocycles. The fourth-order valence-corrected chi connectivity index (χ4v) is 7.18. The van der Waals surface area contributed by atoms with Gasteiger partial charge in [-0.3, -0.25) is 28.8 Å². The van der Waals surface area contributed by atoms with Crippen molar-refractivity contribution in [2.24, 2.45) is 10.8 Å². The zero-order valence-electron chi connectivity index (χ0n) is 28.3. The Morgan fingerprint density at radius 1 is 0.558 bits per heavy atom. The molecule has 0 heterocycles. The largest absolute Gasteiger partial charge is 0.480 e. The van der Waals surface area contributed by atoms with Gasteiger partial charge in [0, 0.05) is 45.8 Å². The van der Waals surface area contributed by atoms with Crippen LogP contribution in [0.4, 0.5) is 0 Å². The number of rotatable bonds is 17. The first-order valence-electron chi connectivity index (χ1n) is 16.3. The van der Waals surface area contributed by atoms with Crippen LogP contribution in [0.15, 0.2) is 109 Å². The monoisotopic (exact) mass is 746 g/mol. The Balaban J connectivity index is 2.21. The fraction of sp³-hybridized carbons (Fsp3) is 0.250. The third kappa shape index (κ3) is 7.63. The van der Waals surface area contributed by atoms with Gasteiger partial charge in [-0.05, 0) is 49.2 Å². The van der Waals surface area contributed by atoms with Crippen molar-refractivity contribution in [2.45, 2.75) is 38.5 Å². The second-order valence-corrected chi connectivity index (χ2v) is 12.7. The molecular formula is C40H36Cl2O10. The highest BCUT2D eigenvalue weighted by atomic mass is 35.5. The summed E-state index contributed by atoms with van der Waals surface area (Å²) in [7, 11) is 0. The van der Waals surface area contributed by atoms with Crippen LogP contribution < -0.4 is 0 Å². The van der Waals surface area contributed by atoms with Crippen LogP contribution in [-0.2, 0) is 28.7 Å². The highest BCUT2D eigenvalue weighted by molar-refractivity contribution is 6.31. The molecule has 52 heavy (non-hydrogen) atoms. The number of hydrogen-bond acceptors (Lipinski definition) is 8. The zero-order chi connectivity index (χ0) is 38.1. The van der Waals surface area contributed by atoms with Gasteiger partial charge in [0.25, 0.3) is 0 Å². The molecule has 0 amide bonds. The summed E-state index contributed by atoms with van der Waals surface area (Å²) in [6.45, 7) is 1.94. The number of Topliss-reactive ketones (excluding diaryl/α,β-unsaturated/α-hetero) is 2. The first-order valence-corrected chi connectivity index (χ1v) is 17.1. The highest BCUT2D eigenvalue weighted by Gasteiger charge is 2.78. The van der Waals surface area contributed by atoms with Gasteiger partial charge in [0.2, 0.25) is 0 Å². The SMILES string of the molecule is CCOC(=O)C(C(=O)OCC)(C(CC(=O)c1cccc(Cl)c1)c1ccccc1)C(C(=O)O)(C(=O)O)C(CC(=O)c1cccc(Cl)c1)c1ccccc1. The number of aliphatic carboxylic acids is 2. The molecule has 0 aromatic heterocycles. The van der Waals surface area contributed by atoms with Crippen LogP contribution in [-0.4, -0.2) is 58.9 Å². The van der Waals surface area contributed by atoms with Gasteiger partial charge in [-0.2, -0.15) is 0 Å². The predicted molar refractivity (Wildman–Crippen MR) is 193 cm³/mol. The van der Waals surface area contributed by atoms with Crippen LogP contribution >= 0.6 is 23.2 Å². The summed E-state index contributed by atoms with van der Waals surface area (Å²) >= 11 is 12.4. The van der Waals surface area contributed by atoms with Crippen LogP contribution in [0.2, 0.25) is 10.0 Å². The molecular weight excluding hydrogens is 711 g/mol. The molecule has 0 bridgehead atoms. The van der Waals surface area contributed by atoms with Gasteiger partial charge in [-0.15, -0.1) is 0 Å². The quantitative estimate of drug-likeness (QED) is 0.0623. The van der Waals surface area contributed by atoms with Crippen molar-refractivity contribution in [3.8, 4) is 0 Å². The number of carboxylic acids is 2. The highest BCUT2D eigenvalue weighted by Crippen LogP contribution is 2.61. The summed E-state index contributed by atoms with van der Waals surface area (Å²) in [5.74, 6) is -12.7. The molecule has 0 aliphatic rings. The minimum Gasteiger partial charge on any atom is -0.480 e. The van der Waals surface area contributed by atoms with Gasteiger partial charge >= 0.3 is 23.9 Å². The second kappa shape index (κ2) is 17.3. The maximum Gasteiger partial charge on any atom is 0.326 e. The van der Waals surface area contributed by atoms with E-state index in [-0.39, 0.29) is 32.3 Å². The number of carbonyl (C=O) groups excluding carboxylic acids is 4. The fourth-order valence-electron chi connectivity index (χ4n) is 6.80. The van der Waals surface area contributed by atoms with Crippen molar-refractivity contribution in [1.29, 1.82) is 0 Å². The lowest BCUT2D eigenvalue weighted by Gasteiger charge is -2.48. The predicted octanol–water partition coefficient (Wildman–Crippen LogP) is 7.68. The third-order valence-corrected chi connectivity index (χ3v) is 9.48. The van der Waals surface area contributed by atoms with Gasteiger partial charge in [-0.25, -0.2) is 0 Å². The molecule has 4 rings (SSSR count). The topological polar surface area (TPSA) is 161 Å². The Kier molecular flexibility index (Phi) is 13.1. The lowest BCUT2D eigenvalue weighted by molar-refractivity contribution is -0.205. The molecule has 2 atom stereocenters. The average Bonchev–Trinajstić information content (AvgIpc) is 3.12. The molecule has 0 aliphatic carbocycles. The molecule has 2 N–H and O–H groups in total. The first-order chi connectivity index (χ1) is 24.9. The van der Waals surface area contributed by atoms with Crippen molar-refractivity contribution >= 4 is 58.6 Å². The van der Waals surface area contributed by atoms with Gasteiger partial charge in [-0.1, -0.05) is 108 Å². The van der Waals surface area contributed by atoms with Crippen molar-refractivity contribution in [1.82, 2.24) is 0 Å². The van der Waals surface area contributed by atoms with Crippen molar-refractivity contribution in [3.05, 3.63) is 141 Å². The second-order valence-electron chi connectivity index (χ2n) is 11.9. The maximum atomic E-state index is 14.9. The number of hydrogen-bond donors (Lipinski definition) is 2. The van der Waals surface area contributed by atoms with E-state index in [2.05, 4.69) is 0 Å². The number of halogens is 2. The molecule has 12 heteroatoms. The standard InChI is InChI=1S/C40H36Cl2O10/c1-3-51-37(49)40(38(50)52-4-2,32(26-15-9-6-10-16-26)24-34(44)28-18-12-20-30(42)22-28)39(35(45)46,36(47)48)31(25-13-7-5-8-14-25)23-33(43)27-17-11-19-29(41)21-27/h5-22,31-32H,3-4,23-24H2,1-2H3,(H,45,46)(H,47,48). The Morgan fingerprint density at radius 3 is 1.25 bits per heavy atom. The van der Waals surface area contributed by atoms with E-state index >= 15 is 0 Å². The summed E-state index contributed by atoms with van der Waals surface area (Å²) in [5.41, 5.74) is -6.79. The molecule has 270 valence electrons. The minimum absolute atomic E-state index is 0.00590. The number of esters is 2. The van der Waals surface area contributed by atoms with Gasteiger partial charge in [0.1, 0.15) is 0 Å². The van der Waals surface area contributed by atoms with Gasteiger partial charge in [0.15, 0.2) is 22.4 Å². The Labute approximate surface area is 310 Å². The Hall–Kier alpha value is -5.32. The molecule has 2 unspecified atom stereocenters. The van der Waals surface area contributed by atoms with Crippen LogP contribution in [0.5, 0.6) is 0 Å². The van der Waals surface area contributed by atoms with Crippen molar-refractivity contribution in [2.75, 3.05) is 13.2 Å². The van der Waals surface area contributed by atoms with E-state index in [4.69, 9.17) is 32.7 Å². The Morgan fingerprint density at radius 2 is 0.923 bits per heavy atom. The Bertz CT molecular complexity index is 1910. The molecule has 0 spiro atoms. The summed E-state index contributed by atoms with van der Waals surface area (Å²) in [6.07, 6.45) is -1.62. The van der Waals surface area contributed by atoms with E-state index in [1.165, 1.54) is 111 Å². The first kappa shape index (κ1) is 39.5. The molecule has 10 nitrogen and oxygen atoms in total. The average molecular weight is 748 g/mol. The van der Waals surface area contributed by atoms with Gasteiger partial charge < -0.3 is 19.7 Å². The van der Waals surface area contributed by atoms with Crippen LogP contribution in [0.25, 0.3) is 0 Å². The third-order valence-electron chi connectivity index (χ3n) is 9.01. The van der Waals surface area contributed by atoms with E-state index in [0.29, 0.717) is 0 Å². The summed E-state index contributed by atoms with van der Waals surface area (Å²) in [6, 6.07) is 26.4. The minimum atomic E-state index is -3.56. The number of ether oxygens (including phenoxy) is 2. The molecule has 0 aliphatic heterocycles.